The van der Waals surface area contributed by atoms with Gasteiger partial charge in [0.25, 0.3) is 0 Å². The Bertz CT molecular complexity index is 499. The van der Waals surface area contributed by atoms with Gasteiger partial charge in [-0.3, -0.25) is 0 Å². The smallest absolute Gasteiger partial charge is 0.223 e. The van der Waals surface area contributed by atoms with E-state index in [1.54, 1.807) is 6.07 Å². The maximum absolute atomic E-state index is 5.64. The van der Waals surface area contributed by atoms with Gasteiger partial charge in [-0.15, -0.1) is 0 Å². The Kier molecular flexibility index (Phi) is 4.70. The summed E-state index contributed by atoms with van der Waals surface area (Å²) in [5.41, 5.74) is 1.34. The Morgan fingerprint density at radius 2 is 1.94 bits per heavy atom. The van der Waals surface area contributed by atoms with Crippen LogP contribution in [0, 0.1) is 0 Å². The van der Waals surface area contributed by atoms with Crippen molar-refractivity contribution in [1.29, 1.82) is 0 Å². The normalized spacial score (nSPS) is 10.3. The minimum Gasteiger partial charge on any atom is -0.439 e. The molecule has 0 aliphatic heterocycles. The topological polar surface area (TPSA) is 35.0 Å². The van der Waals surface area contributed by atoms with Gasteiger partial charge < -0.3 is 4.74 Å². The van der Waals surface area contributed by atoms with Crippen LogP contribution in [0.5, 0.6) is 11.6 Å². The molecule has 1 heterocycles. The fourth-order valence-corrected chi connectivity index (χ4v) is 1.89. The van der Waals surface area contributed by atoms with E-state index in [-0.39, 0.29) is 0 Å². The lowest BCUT2D eigenvalue weighted by atomic mass is 10.1. The number of benzene rings is 1. The van der Waals surface area contributed by atoms with Gasteiger partial charge in [-0.25, -0.2) is 9.97 Å². The summed E-state index contributed by atoms with van der Waals surface area (Å²) in [6, 6.07) is 9.88. The molecule has 0 saturated carbocycles. The Morgan fingerprint density at radius 3 is 2.61 bits per heavy atom. The number of halogens is 1. The monoisotopic (exact) mass is 306 g/mol. The summed E-state index contributed by atoms with van der Waals surface area (Å²) in [6.07, 6.45) is 5.02. The van der Waals surface area contributed by atoms with Crippen molar-refractivity contribution >= 4 is 15.9 Å². The van der Waals surface area contributed by atoms with Gasteiger partial charge in [0.15, 0.2) is 0 Å². The lowest BCUT2D eigenvalue weighted by Crippen LogP contribution is -1.90. The second kappa shape index (κ2) is 6.50. The zero-order valence-electron chi connectivity index (χ0n) is 10.3. The van der Waals surface area contributed by atoms with E-state index >= 15 is 0 Å². The van der Waals surface area contributed by atoms with Crippen molar-refractivity contribution in [3.8, 4) is 11.6 Å². The lowest BCUT2D eigenvalue weighted by Gasteiger charge is -2.05. The van der Waals surface area contributed by atoms with E-state index in [0.29, 0.717) is 10.5 Å². The van der Waals surface area contributed by atoms with Crippen LogP contribution in [0.2, 0.25) is 0 Å². The quantitative estimate of drug-likeness (QED) is 0.769. The molecule has 94 valence electrons. The first kappa shape index (κ1) is 13.0. The second-order valence-corrected chi connectivity index (χ2v) is 4.84. The molecule has 0 saturated heterocycles. The molecule has 0 aliphatic rings. The average molecular weight is 307 g/mol. The highest BCUT2D eigenvalue weighted by Crippen LogP contribution is 2.21. The summed E-state index contributed by atoms with van der Waals surface area (Å²) < 4.78 is 6.35. The first-order chi connectivity index (χ1) is 8.78. The Labute approximate surface area is 115 Å². The maximum Gasteiger partial charge on any atom is 0.223 e. The molecule has 4 heteroatoms. The van der Waals surface area contributed by atoms with Crippen molar-refractivity contribution < 1.29 is 4.74 Å². The predicted molar refractivity (Wildman–Crippen MR) is 74.9 cm³/mol. The van der Waals surface area contributed by atoms with Gasteiger partial charge in [0.1, 0.15) is 16.7 Å². The molecular formula is C14H15BrN2O. The number of rotatable bonds is 5. The van der Waals surface area contributed by atoms with Gasteiger partial charge >= 0.3 is 0 Å². The number of hydrogen-bond donors (Lipinski definition) is 0. The van der Waals surface area contributed by atoms with Gasteiger partial charge in [0.2, 0.25) is 5.88 Å². The number of hydrogen-bond acceptors (Lipinski definition) is 3. The highest BCUT2D eigenvalue weighted by molar-refractivity contribution is 9.10. The SMILES string of the molecule is CCCCc1ccc(Oc2cc(Br)ncn2)cc1. The molecule has 1 aromatic heterocycles. The summed E-state index contributed by atoms with van der Waals surface area (Å²) in [4.78, 5) is 8.00. The molecule has 0 atom stereocenters. The molecule has 0 aliphatic carbocycles. The van der Waals surface area contributed by atoms with E-state index in [1.807, 2.05) is 12.1 Å². The molecule has 2 rings (SSSR count). The third kappa shape index (κ3) is 3.81. The number of nitrogens with zero attached hydrogens (tertiary/aromatic N) is 2. The van der Waals surface area contributed by atoms with Crippen LogP contribution in [0.4, 0.5) is 0 Å². The largest absolute Gasteiger partial charge is 0.439 e. The Balaban J connectivity index is 2.02. The van der Waals surface area contributed by atoms with Crippen LogP contribution in [0.1, 0.15) is 25.3 Å². The predicted octanol–water partition coefficient (Wildman–Crippen LogP) is 4.37. The van der Waals surface area contributed by atoms with Gasteiger partial charge in [-0.05, 0) is 46.5 Å². The van der Waals surface area contributed by atoms with Crippen molar-refractivity contribution in [2.45, 2.75) is 26.2 Å². The molecule has 0 radical (unpaired) electrons. The molecule has 0 fully saturated rings. The van der Waals surface area contributed by atoms with E-state index in [1.165, 1.54) is 24.7 Å². The minimum absolute atomic E-state index is 0.540. The fourth-order valence-electron chi connectivity index (χ4n) is 1.60. The highest BCUT2D eigenvalue weighted by Gasteiger charge is 2.00. The van der Waals surface area contributed by atoms with Crippen LogP contribution in [0.25, 0.3) is 0 Å². The molecule has 1 aromatic carbocycles. The average Bonchev–Trinajstić information content (AvgIpc) is 2.38. The van der Waals surface area contributed by atoms with Crippen molar-refractivity contribution in [2.24, 2.45) is 0 Å². The lowest BCUT2D eigenvalue weighted by molar-refractivity contribution is 0.460. The first-order valence-corrected chi connectivity index (χ1v) is 6.81. The highest BCUT2D eigenvalue weighted by atomic mass is 79.9. The fraction of sp³-hybridized carbons (Fsp3) is 0.286. The van der Waals surface area contributed by atoms with Crippen LogP contribution in [-0.2, 0) is 6.42 Å². The Hall–Kier alpha value is -1.42. The number of aromatic nitrogens is 2. The number of aryl methyl sites for hydroxylation is 1. The van der Waals surface area contributed by atoms with Crippen molar-refractivity contribution in [2.75, 3.05) is 0 Å². The second-order valence-electron chi connectivity index (χ2n) is 4.03. The molecule has 0 unspecified atom stereocenters. The van der Waals surface area contributed by atoms with Crippen LogP contribution >= 0.6 is 15.9 Å². The summed E-state index contributed by atoms with van der Waals surface area (Å²) in [6.45, 7) is 2.20. The van der Waals surface area contributed by atoms with E-state index in [2.05, 4.69) is 45.0 Å². The van der Waals surface area contributed by atoms with Crippen molar-refractivity contribution in [3.05, 3.63) is 46.8 Å². The maximum atomic E-state index is 5.64. The first-order valence-electron chi connectivity index (χ1n) is 6.02. The van der Waals surface area contributed by atoms with Gasteiger partial charge in [-0.1, -0.05) is 25.5 Å². The van der Waals surface area contributed by atoms with E-state index < -0.39 is 0 Å². The van der Waals surface area contributed by atoms with E-state index in [9.17, 15) is 0 Å². The summed E-state index contributed by atoms with van der Waals surface area (Å²) >= 11 is 3.28. The van der Waals surface area contributed by atoms with Crippen molar-refractivity contribution in [3.63, 3.8) is 0 Å². The van der Waals surface area contributed by atoms with E-state index in [4.69, 9.17) is 4.74 Å². The Morgan fingerprint density at radius 1 is 1.17 bits per heavy atom. The molecular weight excluding hydrogens is 292 g/mol. The zero-order chi connectivity index (χ0) is 12.8. The van der Waals surface area contributed by atoms with Crippen molar-refractivity contribution in [1.82, 2.24) is 9.97 Å². The summed E-state index contributed by atoms with van der Waals surface area (Å²) in [5, 5.41) is 0. The summed E-state index contributed by atoms with van der Waals surface area (Å²) in [7, 11) is 0. The molecule has 3 nitrogen and oxygen atoms in total. The van der Waals surface area contributed by atoms with Crippen LogP contribution in [-0.4, -0.2) is 9.97 Å². The number of unbranched alkanes of at least 4 members (excludes halogenated alkanes) is 1. The zero-order valence-corrected chi connectivity index (χ0v) is 11.9. The van der Waals surface area contributed by atoms with Gasteiger partial charge in [-0.2, -0.15) is 0 Å². The molecule has 0 bridgehead atoms. The van der Waals surface area contributed by atoms with Crippen LogP contribution in [0.3, 0.4) is 0 Å². The summed E-state index contributed by atoms with van der Waals surface area (Å²) in [5.74, 6) is 1.33. The van der Waals surface area contributed by atoms with E-state index in [0.717, 1.165) is 12.2 Å². The van der Waals surface area contributed by atoms with Crippen LogP contribution in [0.15, 0.2) is 41.3 Å². The molecule has 0 N–H and O–H groups in total. The molecule has 2 aromatic rings. The van der Waals surface area contributed by atoms with Gasteiger partial charge in [0, 0.05) is 6.07 Å². The third-order valence-corrected chi connectivity index (χ3v) is 3.01. The molecule has 18 heavy (non-hydrogen) atoms. The standard InChI is InChI=1S/C14H15BrN2O/c1-2-3-4-11-5-7-12(8-6-11)18-14-9-13(15)16-10-17-14/h5-10H,2-4H2,1H3. The molecule has 0 spiro atoms. The minimum atomic E-state index is 0.540. The van der Waals surface area contributed by atoms with Gasteiger partial charge in [0.05, 0.1) is 0 Å². The number of ether oxygens (including phenoxy) is 1. The molecule has 0 amide bonds. The van der Waals surface area contributed by atoms with Crippen LogP contribution < -0.4 is 4.74 Å². The third-order valence-electron chi connectivity index (χ3n) is 2.57.